The van der Waals surface area contributed by atoms with Crippen molar-refractivity contribution in [2.75, 3.05) is 39.8 Å². The van der Waals surface area contributed by atoms with E-state index in [-0.39, 0.29) is 24.0 Å². The summed E-state index contributed by atoms with van der Waals surface area (Å²) in [6, 6.07) is 8.82. The number of piperazine rings is 1. The van der Waals surface area contributed by atoms with E-state index >= 15 is 0 Å². The number of benzene rings is 1. The first-order valence-electron chi connectivity index (χ1n) is 9.71. The molecule has 0 spiro atoms. The molecule has 1 aliphatic rings. The second kappa shape index (κ2) is 11.1. The van der Waals surface area contributed by atoms with Gasteiger partial charge in [0.05, 0.1) is 10.7 Å². The Morgan fingerprint density at radius 2 is 1.93 bits per heavy atom. The van der Waals surface area contributed by atoms with E-state index < -0.39 is 0 Å². The standard InChI is InChI=1S/C21H31N5S.HI/c1-16-6-5-7-19(14-16)15-25-10-12-26(13-11-25)21(22-4)23-9-8-20-17(2)24-18(3)27-20;/h5-7,14H,8-13,15H2,1-4H3,(H,22,23);1H. The Kier molecular flexibility index (Phi) is 9.17. The van der Waals surface area contributed by atoms with Crippen LogP contribution in [0.15, 0.2) is 29.3 Å². The van der Waals surface area contributed by atoms with Crippen LogP contribution in [0.4, 0.5) is 0 Å². The average molecular weight is 513 g/mol. The summed E-state index contributed by atoms with van der Waals surface area (Å²) >= 11 is 1.80. The topological polar surface area (TPSA) is 43.8 Å². The van der Waals surface area contributed by atoms with Crippen molar-refractivity contribution in [2.24, 2.45) is 4.99 Å². The molecule has 1 aliphatic heterocycles. The molecular weight excluding hydrogens is 481 g/mol. The molecule has 2 heterocycles. The van der Waals surface area contributed by atoms with Gasteiger partial charge in [-0.3, -0.25) is 9.89 Å². The first-order chi connectivity index (χ1) is 13.0. The van der Waals surface area contributed by atoms with Gasteiger partial charge in [0.1, 0.15) is 0 Å². The highest BCUT2D eigenvalue weighted by atomic mass is 127. The smallest absolute Gasteiger partial charge is 0.193 e. The number of hydrogen-bond donors (Lipinski definition) is 1. The molecule has 1 N–H and O–H groups in total. The minimum absolute atomic E-state index is 0. The van der Waals surface area contributed by atoms with Crippen LogP contribution in [0.1, 0.15) is 26.7 Å². The lowest BCUT2D eigenvalue weighted by Gasteiger charge is -2.36. The third-order valence-electron chi connectivity index (χ3n) is 5.01. The number of rotatable bonds is 5. The minimum Gasteiger partial charge on any atom is -0.356 e. The normalized spacial score (nSPS) is 15.4. The van der Waals surface area contributed by atoms with Crippen LogP contribution in [0.25, 0.3) is 0 Å². The number of hydrogen-bond acceptors (Lipinski definition) is 4. The van der Waals surface area contributed by atoms with Crippen molar-refractivity contribution in [1.29, 1.82) is 0 Å². The highest BCUT2D eigenvalue weighted by molar-refractivity contribution is 14.0. The van der Waals surface area contributed by atoms with Gasteiger partial charge in [0.2, 0.25) is 0 Å². The molecule has 154 valence electrons. The maximum Gasteiger partial charge on any atom is 0.193 e. The molecule has 0 unspecified atom stereocenters. The Morgan fingerprint density at radius 1 is 1.18 bits per heavy atom. The first kappa shape index (κ1) is 23.1. The van der Waals surface area contributed by atoms with Gasteiger partial charge in [-0.05, 0) is 26.3 Å². The quantitative estimate of drug-likeness (QED) is 0.377. The molecule has 1 fully saturated rings. The van der Waals surface area contributed by atoms with E-state index in [1.807, 2.05) is 7.05 Å². The number of thiazole rings is 1. The van der Waals surface area contributed by atoms with Gasteiger partial charge in [0.15, 0.2) is 5.96 Å². The van der Waals surface area contributed by atoms with Crippen molar-refractivity contribution in [1.82, 2.24) is 20.1 Å². The van der Waals surface area contributed by atoms with E-state index in [1.54, 1.807) is 11.3 Å². The van der Waals surface area contributed by atoms with Gasteiger partial charge in [0.25, 0.3) is 0 Å². The predicted octanol–water partition coefficient (Wildman–Crippen LogP) is 3.62. The summed E-state index contributed by atoms with van der Waals surface area (Å²) in [5.74, 6) is 1.02. The molecule has 28 heavy (non-hydrogen) atoms. The Labute approximate surface area is 190 Å². The fraction of sp³-hybridized carbons (Fsp3) is 0.524. The molecule has 3 rings (SSSR count). The van der Waals surface area contributed by atoms with E-state index in [4.69, 9.17) is 0 Å². The summed E-state index contributed by atoms with van der Waals surface area (Å²) in [5.41, 5.74) is 3.90. The second-order valence-electron chi connectivity index (χ2n) is 7.22. The van der Waals surface area contributed by atoms with Gasteiger partial charge in [0, 0.05) is 57.6 Å². The molecule has 0 bridgehead atoms. The monoisotopic (exact) mass is 513 g/mol. The Balaban J connectivity index is 0.00000280. The lowest BCUT2D eigenvalue weighted by atomic mass is 10.1. The molecule has 1 saturated heterocycles. The van der Waals surface area contributed by atoms with E-state index in [1.165, 1.54) is 21.7 Å². The maximum atomic E-state index is 4.51. The molecule has 5 nitrogen and oxygen atoms in total. The number of aromatic nitrogens is 1. The molecule has 2 aromatic rings. The predicted molar refractivity (Wildman–Crippen MR) is 130 cm³/mol. The summed E-state index contributed by atoms with van der Waals surface area (Å²) in [5, 5.41) is 4.68. The third-order valence-corrected chi connectivity index (χ3v) is 6.14. The Bertz CT molecular complexity index is 781. The summed E-state index contributed by atoms with van der Waals surface area (Å²) in [6.07, 6.45) is 1.00. The zero-order chi connectivity index (χ0) is 19.2. The Hall–Kier alpha value is -1.19. The van der Waals surface area contributed by atoms with Gasteiger partial charge in [-0.2, -0.15) is 0 Å². The number of aryl methyl sites for hydroxylation is 3. The molecule has 0 atom stereocenters. The van der Waals surface area contributed by atoms with Gasteiger partial charge in [-0.25, -0.2) is 4.98 Å². The molecular formula is C21H32IN5S. The van der Waals surface area contributed by atoms with Crippen LogP contribution >= 0.6 is 35.3 Å². The van der Waals surface area contributed by atoms with E-state index in [0.717, 1.165) is 56.7 Å². The van der Waals surface area contributed by atoms with E-state index in [2.05, 4.69) is 70.1 Å². The highest BCUT2D eigenvalue weighted by Gasteiger charge is 2.19. The van der Waals surface area contributed by atoms with Gasteiger partial charge >= 0.3 is 0 Å². The number of guanidine groups is 1. The van der Waals surface area contributed by atoms with Crippen molar-refractivity contribution in [2.45, 2.75) is 33.7 Å². The van der Waals surface area contributed by atoms with Gasteiger partial charge in [-0.1, -0.05) is 29.8 Å². The van der Waals surface area contributed by atoms with E-state index in [9.17, 15) is 0 Å². The van der Waals surface area contributed by atoms with Crippen molar-refractivity contribution in [3.63, 3.8) is 0 Å². The summed E-state index contributed by atoms with van der Waals surface area (Å²) in [7, 11) is 1.88. The highest BCUT2D eigenvalue weighted by Crippen LogP contribution is 2.17. The van der Waals surface area contributed by atoms with Crippen LogP contribution < -0.4 is 5.32 Å². The second-order valence-corrected chi connectivity index (χ2v) is 8.51. The largest absolute Gasteiger partial charge is 0.356 e. The van der Waals surface area contributed by atoms with Crippen LogP contribution in [-0.2, 0) is 13.0 Å². The molecule has 0 radical (unpaired) electrons. The fourth-order valence-corrected chi connectivity index (χ4v) is 4.55. The summed E-state index contributed by atoms with van der Waals surface area (Å²) < 4.78 is 0. The molecule has 1 aromatic carbocycles. The summed E-state index contributed by atoms with van der Waals surface area (Å²) in [4.78, 5) is 15.3. The number of nitrogens with one attached hydrogen (secondary N) is 1. The van der Waals surface area contributed by atoms with Crippen LogP contribution in [-0.4, -0.2) is 60.5 Å². The Morgan fingerprint density at radius 3 is 2.54 bits per heavy atom. The van der Waals surface area contributed by atoms with Gasteiger partial charge in [-0.15, -0.1) is 35.3 Å². The lowest BCUT2D eigenvalue weighted by Crippen LogP contribution is -2.52. The summed E-state index contributed by atoms with van der Waals surface area (Å²) in [6.45, 7) is 12.4. The van der Waals surface area contributed by atoms with E-state index in [0.29, 0.717) is 0 Å². The van der Waals surface area contributed by atoms with Crippen molar-refractivity contribution in [3.8, 4) is 0 Å². The zero-order valence-corrected chi connectivity index (χ0v) is 20.5. The molecule has 1 aromatic heterocycles. The van der Waals surface area contributed by atoms with Crippen LogP contribution in [0.3, 0.4) is 0 Å². The van der Waals surface area contributed by atoms with Crippen molar-refractivity contribution in [3.05, 3.63) is 51.0 Å². The maximum absolute atomic E-state index is 4.51. The molecule has 0 amide bonds. The number of aliphatic imine (C=N–C) groups is 1. The van der Waals surface area contributed by atoms with Gasteiger partial charge < -0.3 is 10.2 Å². The fourth-order valence-electron chi connectivity index (χ4n) is 3.61. The molecule has 0 saturated carbocycles. The zero-order valence-electron chi connectivity index (χ0n) is 17.4. The molecule has 0 aliphatic carbocycles. The number of halogens is 1. The van der Waals surface area contributed by atoms with Crippen molar-refractivity contribution < 1.29 is 0 Å². The minimum atomic E-state index is 0. The van der Waals surface area contributed by atoms with Crippen LogP contribution in [0.5, 0.6) is 0 Å². The molecule has 7 heteroatoms. The SMILES string of the molecule is CN=C(NCCc1sc(C)nc1C)N1CCN(Cc2cccc(C)c2)CC1.I. The third kappa shape index (κ3) is 6.42. The number of nitrogens with zero attached hydrogens (tertiary/aromatic N) is 4. The van der Waals surface area contributed by atoms with Crippen LogP contribution in [0.2, 0.25) is 0 Å². The van der Waals surface area contributed by atoms with Crippen molar-refractivity contribution >= 4 is 41.3 Å². The lowest BCUT2D eigenvalue weighted by molar-refractivity contribution is 0.172. The van der Waals surface area contributed by atoms with Crippen LogP contribution in [0, 0.1) is 20.8 Å². The first-order valence-corrected chi connectivity index (χ1v) is 10.5. The average Bonchev–Trinajstić information content (AvgIpc) is 2.97.